The molecule has 106 valence electrons. The van der Waals surface area contributed by atoms with E-state index in [-0.39, 0.29) is 11.8 Å². The van der Waals surface area contributed by atoms with Gasteiger partial charge in [-0.1, -0.05) is 47.5 Å². The molecule has 0 saturated heterocycles. The molecule has 0 aliphatic carbocycles. The second kappa shape index (κ2) is 5.88. The molecule has 0 aromatic heterocycles. The van der Waals surface area contributed by atoms with Crippen molar-refractivity contribution in [2.45, 2.75) is 12.3 Å². The summed E-state index contributed by atoms with van der Waals surface area (Å²) in [6, 6.07) is 14.8. The average molecular weight is 319 g/mol. The van der Waals surface area contributed by atoms with Gasteiger partial charge >= 0.3 is 0 Å². The summed E-state index contributed by atoms with van der Waals surface area (Å²) in [6.45, 7) is 0. The molecule has 0 spiro atoms. The first-order chi connectivity index (χ1) is 10.1. The summed E-state index contributed by atoms with van der Waals surface area (Å²) < 4.78 is 0. The van der Waals surface area contributed by atoms with E-state index in [1.54, 1.807) is 6.07 Å². The summed E-state index contributed by atoms with van der Waals surface area (Å²) >= 11 is 11.9. The fourth-order valence-corrected chi connectivity index (χ4v) is 2.67. The highest BCUT2D eigenvalue weighted by molar-refractivity contribution is 6.31. The molecule has 3 rings (SSSR count). The zero-order valence-corrected chi connectivity index (χ0v) is 12.5. The highest BCUT2D eigenvalue weighted by Gasteiger charge is 2.27. The van der Waals surface area contributed by atoms with Crippen LogP contribution in [-0.2, 0) is 4.79 Å². The molecule has 1 amide bonds. The van der Waals surface area contributed by atoms with Crippen LogP contribution in [0.5, 0.6) is 0 Å². The van der Waals surface area contributed by atoms with E-state index in [2.05, 4.69) is 10.5 Å². The van der Waals surface area contributed by atoms with E-state index in [1.807, 2.05) is 42.5 Å². The minimum atomic E-state index is -0.285. The summed E-state index contributed by atoms with van der Waals surface area (Å²) in [7, 11) is 0. The standard InChI is InChI=1S/C16H12Cl2N2O/c17-12-6-4-10(5-7-12)15-9-14(16(21)20-19-15)11-2-1-3-13(18)8-11/h1-8,14H,9H2,(H,20,21)/t14-/m0/s1. The second-order valence-corrected chi connectivity index (χ2v) is 5.73. The van der Waals surface area contributed by atoms with Gasteiger partial charge in [0.25, 0.3) is 0 Å². The Hall–Kier alpha value is -1.84. The van der Waals surface area contributed by atoms with Gasteiger partial charge in [-0.2, -0.15) is 5.10 Å². The normalized spacial score (nSPS) is 18.1. The van der Waals surface area contributed by atoms with Crippen molar-refractivity contribution in [2.24, 2.45) is 5.10 Å². The number of benzene rings is 2. The number of hydrogen-bond acceptors (Lipinski definition) is 2. The summed E-state index contributed by atoms with van der Waals surface area (Å²) in [5, 5.41) is 5.44. The van der Waals surface area contributed by atoms with Crippen molar-refractivity contribution in [3.05, 3.63) is 69.7 Å². The van der Waals surface area contributed by atoms with Crippen molar-refractivity contribution >= 4 is 34.8 Å². The number of nitrogens with one attached hydrogen (secondary N) is 1. The Bertz CT molecular complexity index is 710. The molecule has 3 nitrogen and oxygen atoms in total. The Morgan fingerprint density at radius 2 is 1.81 bits per heavy atom. The number of carbonyl (C=O) groups excluding carboxylic acids is 1. The number of halogens is 2. The Kier molecular flexibility index (Phi) is 3.95. The topological polar surface area (TPSA) is 41.5 Å². The average Bonchev–Trinajstić information content (AvgIpc) is 2.49. The molecule has 0 radical (unpaired) electrons. The highest BCUT2D eigenvalue weighted by atomic mass is 35.5. The van der Waals surface area contributed by atoms with Gasteiger partial charge in [0.1, 0.15) is 0 Å². The minimum Gasteiger partial charge on any atom is -0.272 e. The van der Waals surface area contributed by atoms with Crippen LogP contribution >= 0.6 is 23.2 Å². The van der Waals surface area contributed by atoms with Gasteiger partial charge < -0.3 is 0 Å². The fourth-order valence-electron chi connectivity index (χ4n) is 2.35. The molecule has 21 heavy (non-hydrogen) atoms. The largest absolute Gasteiger partial charge is 0.272 e. The fraction of sp³-hybridized carbons (Fsp3) is 0.125. The second-order valence-electron chi connectivity index (χ2n) is 4.85. The van der Waals surface area contributed by atoms with Crippen molar-refractivity contribution in [3.8, 4) is 0 Å². The Morgan fingerprint density at radius 1 is 1.05 bits per heavy atom. The number of rotatable bonds is 2. The van der Waals surface area contributed by atoms with Gasteiger partial charge in [-0.05, 0) is 35.4 Å². The number of nitrogens with zero attached hydrogens (tertiary/aromatic N) is 1. The lowest BCUT2D eigenvalue weighted by atomic mass is 9.89. The maximum Gasteiger partial charge on any atom is 0.248 e. The van der Waals surface area contributed by atoms with Gasteiger partial charge in [0.15, 0.2) is 0 Å². The summed E-state index contributed by atoms with van der Waals surface area (Å²) in [4.78, 5) is 12.1. The zero-order chi connectivity index (χ0) is 14.8. The molecular weight excluding hydrogens is 307 g/mol. The molecule has 0 unspecified atom stereocenters. The van der Waals surface area contributed by atoms with Crippen LogP contribution in [0, 0.1) is 0 Å². The molecule has 0 fully saturated rings. The molecule has 0 saturated carbocycles. The van der Waals surface area contributed by atoms with Crippen LogP contribution in [0.2, 0.25) is 10.0 Å². The first-order valence-electron chi connectivity index (χ1n) is 6.51. The van der Waals surface area contributed by atoms with Crippen LogP contribution < -0.4 is 5.43 Å². The number of amides is 1. The van der Waals surface area contributed by atoms with Crippen molar-refractivity contribution < 1.29 is 4.79 Å². The van der Waals surface area contributed by atoms with Gasteiger partial charge in [0, 0.05) is 16.5 Å². The van der Waals surface area contributed by atoms with Crippen LogP contribution in [0.1, 0.15) is 23.5 Å². The lowest BCUT2D eigenvalue weighted by Crippen LogP contribution is -2.33. The molecule has 0 bridgehead atoms. The monoisotopic (exact) mass is 318 g/mol. The van der Waals surface area contributed by atoms with E-state index in [4.69, 9.17) is 23.2 Å². The van der Waals surface area contributed by atoms with Crippen molar-refractivity contribution in [3.63, 3.8) is 0 Å². The molecular formula is C16H12Cl2N2O. The smallest absolute Gasteiger partial charge is 0.248 e. The van der Waals surface area contributed by atoms with Crippen molar-refractivity contribution in [1.29, 1.82) is 0 Å². The molecule has 1 N–H and O–H groups in total. The van der Waals surface area contributed by atoms with E-state index in [1.165, 1.54) is 0 Å². The third kappa shape index (κ3) is 3.09. The Labute approximate surface area is 132 Å². The predicted octanol–water partition coefficient (Wildman–Crippen LogP) is 4.00. The lowest BCUT2D eigenvalue weighted by molar-refractivity contribution is -0.122. The highest BCUT2D eigenvalue weighted by Crippen LogP contribution is 2.27. The van der Waals surface area contributed by atoms with Crippen LogP contribution in [0.4, 0.5) is 0 Å². The quantitative estimate of drug-likeness (QED) is 0.893. The Balaban J connectivity index is 1.90. The van der Waals surface area contributed by atoms with Gasteiger partial charge in [0.2, 0.25) is 5.91 Å². The summed E-state index contributed by atoms with van der Waals surface area (Å²) in [5.74, 6) is -0.401. The van der Waals surface area contributed by atoms with Gasteiger partial charge in [-0.25, -0.2) is 5.43 Å². The third-order valence-corrected chi connectivity index (χ3v) is 3.93. The third-order valence-electron chi connectivity index (χ3n) is 3.44. The maximum absolute atomic E-state index is 12.1. The molecule has 2 aromatic rings. The van der Waals surface area contributed by atoms with Crippen LogP contribution in [0.25, 0.3) is 0 Å². The summed E-state index contributed by atoms with van der Waals surface area (Å²) in [5.41, 5.74) is 5.26. The van der Waals surface area contributed by atoms with Gasteiger partial charge in [0.05, 0.1) is 11.6 Å². The maximum atomic E-state index is 12.1. The SMILES string of the molecule is O=C1NN=C(c2ccc(Cl)cc2)C[C@H]1c1cccc(Cl)c1. The molecule has 1 atom stereocenters. The number of carbonyl (C=O) groups is 1. The van der Waals surface area contributed by atoms with E-state index < -0.39 is 0 Å². The summed E-state index contributed by atoms with van der Waals surface area (Å²) in [6.07, 6.45) is 0.536. The minimum absolute atomic E-state index is 0.116. The lowest BCUT2D eigenvalue weighted by Gasteiger charge is -2.22. The first-order valence-corrected chi connectivity index (χ1v) is 7.27. The van der Waals surface area contributed by atoms with Gasteiger partial charge in [-0.15, -0.1) is 0 Å². The zero-order valence-electron chi connectivity index (χ0n) is 11.0. The van der Waals surface area contributed by atoms with E-state index in [0.717, 1.165) is 16.8 Å². The van der Waals surface area contributed by atoms with Crippen LogP contribution in [-0.4, -0.2) is 11.6 Å². The molecule has 1 heterocycles. The molecule has 5 heteroatoms. The van der Waals surface area contributed by atoms with Gasteiger partial charge in [-0.3, -0.25) is 4.79 Å². The van der Waals surface area contributed by atoms with Crippen LogP contribution in [0.15, 0.2) is 53.6 Å². The first kappa shape index (κ1) is 14.1. The van der Waals surface area contributed by atoms with E-state index in [9.17, 15) is 4.79 Å². The molecule has 1 aliphatic heterocycles. The van der Waals surface area contributed by atoms with E-state index in [0.29, 0.717) is 16.5 Å². The van der Waals surface area contributed by atoms with E-state index >= 15 is 0 Å². The Morgan fingerprint density at radius 3 is 2.52 bits per heavy atom. The number of hydrazone groups is 1. The van der Waals surface area contributed by atoms with Crippen molar-refractivity contribution in [1.82, 2.24) is 5.43 Å². The predicted molar refractivity (Wildman–Crippen MR) is 84.9 cm³/mol. The molecule has 1 aliphatic rings. The van der Waals surface area contributed by atoms with Crippen molar-refractivity contribution in [2.75, 3.05) is 0 Å². The van der Waals surface area contributed by atoms with Crippen LogP contribution in [0.3, 0.4) is 0 Å². The number of hydrogen-bond donors (Lipinski definition) is 1. The molecule has 2 aromatic carbocycles.